The second-order valence-corrected chi connectivity index (χ2v) is 5.98. The van der Waals surface area contributed by atoms with Crippen molar-refractivity contribution in [3.8, 4) is 11.5 Å². The molecule has 1 rings (SSSR count). The Morgan fingerprint density at radius 3 is 2.45 bits per heavy atom. The van der Waals surface area contributed by atoms with Gasteiger partial charge in [-0.05, 0) is 12.1 Å². The number of benzene rings is 1. The van der Waals surface area contributed by atoms with Crippen molar-refractivity contribution in [1.29, 1.82) is 0 Å². The second kappa shape index (κ2) is 6.58. The number of hydrogen-bond acceptors (Lipinski definition) is 5. The highest BCUT2D eigenvalue weighted by atomic mass is 32.2. The molecule has 0 aliphatic carbocycles. The third-order valence-corrected chi connectivity index (χ3v) is 4.58. The number of aliphatic carboxylic acids is 1. The lowest BCUT2D eigenvalue weighted by atomic mass is 10.3. The number of nitrogens with zero attached hydrogens (tertiary/aromatic N) is 1. The predicted octanol–water partition coefficient (Wildman–Crippen LogP) is 0.799. The van der Waals surface area contributed by atoms with Gasteiger partial charge in [-0.2, -0.15) is 0 Å². The quantitative estimate of drug-likeness (QED) is 0.801. The maximum Gasteiger partial charge on any atom is 0.304 e. The summed E-state index contributed by atoms with van der Waals surface area (Å²) in [5.41, 5.74) is 0. The zero-order valence-electron chi connectivity index (χ0n) is 11.5. The van der Waals surface area contributed by atoms with E-state index in [0.717, 1.165) is 4.31 Å². The van der Waals surface area contributed by atoms with Gasteiger partial charge in [-0.15, -0.1) is 0 Å². The summed E-state index contributed by atoms with van der Waals surface area (Å²) in [5, 5.41) is 8.62. The SMILES string of the molecule is COc1cccc(S(=O)(=O)N(C)CCC(=O)O)c1OC. The lowest BCUT2D eigenvalue weighted by molar-refractivity contribution is -0.137. The van der Waals surface area contributed by atoms with E-state index < -0.39 is 16.0 Å². The molecule has 0 fully saturated rings. The topological polar surface area (TPSA) is 93.1 Å². The number of ether oxygens (including phenoxy) is 2. The molecule has 0 spiro atoms. The Morgan fingerprint density at radius 2 is 1.95 bits per heavy atom. The molecule has 1 aromatic rings. The molecular formula is C12H17NO6S. The highest BCUT2D eigenvalue weighted by Crippen LogP contribution is 2.35. The van der Waals surface area contributed by atoms with Gasteiger partial charge in [0.1, 0.15) is 4.90 Å². The van der Waals surface area contributed by atoms with Gasteiger partial charge in [-0.3, -0.25) is 4.79 Å². The zero-order valence-corrected chi connectivity index (χ0v) is 12.3. The van der Waals surface area contributed by atoms with Crippen LogP contribution in [0.4, 0.5) is 0 Å². The molecule has 0 saturated carbocycles. The van der Waals surface area contributed by atoms with E-state index in [1.165, 1.54) is 33.4 Å². The molecular weight excluding hydrogens is 286 g/mol. The van der Waals surface area contributed by atoms with E-state index in [-0.39, 0.29) is 23.6 Å². The Labute approximate surface area is 117 Å². The molecule has 1 aromatic carbocycles. The molecule has 0 unspecified atom stereocenters. The first kappa shape index (κ1) is 16.3. The summed E-state index contributed by atoms with van der Waals surface area (Å²) in [7, 11) is 0.218. The van der Waals surface area contributed by atoms with Gasteiger partial charge in [0.2, 0.25) is 10.0 Å². The predicted molar refractivity (Wildman–Crippen MR) is 71.6 cm³/mol. The van der Waals surface area contributed by atoms with Crippen molar-refractivity contribution in [2.45, 2.75) is 11.3 Å². The molecule has 0 bridgehead atoms. The van der Waals surface area contributed by atoms with Crippen LogP contribution in [0.2, 0.25) is 0 Å². The van der Waals surface area contributed by atoms with Gasteiger partial charge in [-0.1, -0.05) is 6.07 Å². The molecule has 0 heterocycles. The minimum atomic E-state index is -3.84. The zero-order chi connectivity index (χ0) is 15.3. The van der Waals surface area contributed by atoms with E-state index in [4.69, 9.17) is 14.6 Å². The van der Waals surface area contributed by atoms with Gasteiger partial charge in [0.15, 0.2) is 11.5 Å². The summed E-state index contributed by atoms with van der Waals surface area (Å²) in [6.07, 6.45) is -0.276. The molecule has 0 aliphatic rings. The molecule has 20 heavy (non-hydrogen) atoms. The molecule has 0 radical (unpaired) electrons. The summed E-state index contributed by atoms with van der Waals surface area (Å²) in [5.74, 6) is -0.679. The number of carbonyl (C=O) groups is 1. The smallest absolute Gasteiger partial charge is 0.304 e. The van der Waals surface area contributed by atoms with Crippen LogP contribution in [-0.4, -0.2) is 51.6 Å². The summed E-state index contributed by atoms with van der Waals surface area (Å²) in [6.45, 7) is -0.127. The van der Waals surface area contributed by atoms with Crippen LogP contribution < -0.4 is 9.47 Å². The van der Waals surface area contributed by atoms with Crippen LogP contribution in [0.1, 0.15) is 6.42 Å². The largest absolute Gasteiger partial charge is 0.493 e. The molecule has 0 aliphatic heterocycles. The lowest BCUT2D eigenvalue weighted by Crippen LogP contribution is -2.29. The van der Waals surface area contributed by atoms with E-state index in [1.807, 2.05) is 0 Å². The number of hydrogen-bond donors (Lipinski definition) is 1. The van der Waals surface area contributed by atoms with Crippen molar-refractivity contribution < 1.29 is 27.8 Å². The first-order valence-corrected chi connectivity index (χ1v) is 7.17. The highest BCUT2D eigenvalue weighted by molar-refractivity contribution is 7.89. The fourth-order valence-corrected chi connectivity index (χ4v) is 2.94. The highest BCUT2D eigenvalue weighted by Gasteiger charge is 2.26. The Hall–Kier alpha value is -1.80. The fraction of sp³-hybridized carbons (Fsp3) is 0.417. The van der Waals surface area contributed by atoms with Crippen LogP contribution in [0.25, 0.3) is 0 Å². The van der Waals surface area contributed by atoms with Crippen LogP contribution in [0.15, 0.2) is 23.1 Å². The Balaban J connectivity index is 3.18. The molecule has 1 N–H and O–H groups in total. The molecule has 0 amide bonds. The van der Waals surface area contributed by atoms with Crippen LogP contribution in [0.5, 0.6) is 11.5 Å². The van der Waals surface area contributed by atoms with E-state index >= 15 is 0 Å². The standard InChI is InChI=1S/C12H17NO6S/c1-13(8-7-11(14)15)20(16,17)10-6-4-5-9(18-2)12(10)19-3/h4-6H,7-8H2,1-3H3,(H,14,15). The number of methoxy groups -OCH3 is 2. The average molecular weight is 303 g/mol. The van der Waals surface area contributed by atoms with Gasteiger partial charge >= 0.3 is 5.97 Å². The minimum Gasteiger partial charge on any atom is -0.493 e. The number of rotatable bonds is 7. The maximum atomic E-state index is 12.4. The van der Waals surface area contributed by atoms with Crippen LogP contribution in [-0.2, 0) is 14.8 Å². The van der Waals surface area contributed by atoms with E-state index in [9.17, 15) is 13.2 Å². The first-order chi connectivity index (χ1) is 9.34. The van der Waals surface area contributed by atoms with E-state index in [0.29, 0.717) is 5.75 Å². The molecule has 7 nitrogen and oxygen atoms in total. The molecule has 0 aromatic heterocycles. The van der Waals surface area contributed by atoms with E-state index in [1.54, 1.807) is 6.07 Å². The summed E-state index contributed by atoms with van der Waals surface area (Å²) in [4.78, 5) is 10.5. The minimum absolute atomic E-state index is 0.0627. The van der Waals surface area contributed by atoms with Crippen LogP contribution >= 0.6 is 0 Å². The van der Waals surface area contributed by atoms with Gasteiger partial charge in [-0.25, -0.2) is 12.7 Å². The third-order valence-electron chi connectivity index (χ3n) is 2.70. The second-order valence-electron chi connectivity index (χ2n) is 3.96. The first-order valence-electron chi connectivity index (χ1n) is 5.73. The molecule has 0 atom stereocenters. The van der Waals surface area contributed by atoms with Crippen molar-refractivity contribution >= 4 is 16.0 Å². The Morgan fingerprint density at radius 1 is 1.30 bits per heavy atom. The van der Waals surface area contributed by atoms with Crippen molar-refractivity contribution in [2.75, 3.05) is 27.8 Å². The van der Waals surface area contributed by atoms with Crippen LogP contribution in [0.3, 0.4) is 0 Å². The Kier molecular flexibility index (Phi) is 5.34. The molecule has 0 saturated heterocycles. The van der Waals surface area contributed by atoms with Crippen LogP contribution in [0, 0.1) is 0 Å². The summed E-state index contributed by atoms with van der Waals surface area (Å²) in [6, 6.07) is 4.49. The lowest BCUT2D eigenvalue weighted by Gasteiger charge is -2.19. The Bertz CT molecular complexity index is 584. The number of carboxylic acid groups (broad SMARTS) is 1. The number of para-hydroxylation sites is 1. The summed E-state index contributed by atoms with van der Waals surface area (Å²) < 4.78 is 35.9. The van der Waals surface area contributed by atoms with Gasteiger partial charge in [0, 0.05) is 13.6 Å². The maximum absolute atomic E-state index is 12.4. The molecule has 8 heteroatoms. The normalized spacial score (nSPS) is 11.4. The summed E-state index contributed by atoms with van der Waals surface area (Å²) >= 11 is 0. The van der Waals surface area contributed by atoms with E-state index in [2.05, 4.69) is 0 Å². The van der Waals surface area contributed by atoms with Gasteiger partial charge in [0.05, 0.1) is 20.6 Å². The third kappa shape index (κ3) is 3.40. The number of carboxylic acids is 1. The average Bonchev–Trinajstić information content (AvgIpc) is 2.43. The monoisotopic (exact) mass is 303 g/mol. The van der Waals surface area contributed by atoms with Gasteiger partial charge in [0.25, 0.3) is 0 Å². The number of sulfonamides is 1. The van der Waals surface area contributed by atoms with Crippen molar-refractivity contribution in [3.63, 3.8) is 0 Å². The van der Waals surface area contributed by atoms with Crippen molar-refractivity contribution in [1.82, 2.24) is 4.31 Å². The fourth-order valence-electron chi connectivity index (χ4n) is 1.60. The molecule has 112 valence electrons. The van der Waals surface area contributed by atoms with Crippen molar-refractivity contribution in [2.24, 2.45) is 0 Å². The van der Waals surface area contributed by atoms with Crippen molar-refractivity contribution in [3.05, 3.63) is 18.2 Å². The van der Waals surface area contributed by atoms with Gasteiger partial charge < -0.3 is 14.6 Å².